The van der Waals surface area contributed by atoms with Crippen molar-refractivity contribution in [3.63, 3.8) is 0 Å². The number of ether oxygens (including phenoxy) is 3. The molecule has 0 saturated carbocycles. The fourth-order valence-electron chi connectivity index (χ4n) is 2.68. The van der Waals surface area contributed by atoms with E-state index < -0.39 is 0 Å². The lowest BCUT2D eigenvalue weighted by atomic mass is 10.1. The maximum Gasteiger partial charge on any atom is 0.240 e. The number of nitrogens with zero attached hydrogens (tertiary/aromatic N) is 3. The van der Waals surface area contributed by atoms with Crippen molar-refractivity contribution in [1.82, 2.24) is 9.97 Å². The molecule has 0 aliphatic carbocycles. The summed E-state index contributed by atoms with van der Waals surface area (Å²) in [6.45, 7) is 0. The van der Waals surface area contributed by atoms with Gasteiger partial charge in [0.25, 0.3) is 0 Å². The van der Waals surface area contributed by atoms with Crippen molar-refractivity contribution < 1.29 is 14.2 Å². The summed E-state index contributed by atoms with van der Waals surface area (Å²) in [6.07, 6.45) is 0. The third-order valence-electron chi connectivity index (χ3n) is 3.90. The van der Waals surface area contributed by atoms with E-state index in [0.29, 0.717) is 33.9 Å². The molecular formula is C18H19ClN4O3. The quantitative estimate of drug-likeness (QED) is 0.542. The highest BCUT2D eigenvalue weighted by molar-refractivity contribution is 6.31. The van der Waals surface area contributed by atoms with E-state index in [9.17, 15) is 0 Å². The number of hydrogen-bond acceptors (Lipinski definition) is 7. The van der Waals surface area contributed by atoms with Crippen LogP contribution in [0.1, 0.15) is 0 Å². The zero-order valence-electron chi connectivity index (χ0n) is 14.9. The maximum atomic E-state index is 6.19. The largest absolute Gasteiger partial charge is 0.493 e. The minimum absolute atomic E-state index is 0.378. The molecule has 0 atom stereocenters. The smallest absolute Gasteiger partial charge is 0.240 e. The number of halogens is 1. The van der Waals surface area contributed by atoms with Crippen LogP contribution in [0.4, 0.5) is 5.95 Å². The number of nitrogens with two attached hydrogens (primary N) is 1. The van der Waals surface area contributed by atoms with E-state index in [-0.39, 0.29) is 0 Å². The summed E-state index contributed by atoms with van der Waals surface area (Å²) in [5.74, 6) is 7.79. The van der Waals surface area contributed by atoms with Crippen LogP contribution in [0.25, 0.3) is 22.2 Å². The molecule has 7 nitrogen and oxygen atoms in total. The van der Waals surface area contributed by atoms with E-state index in [2.05, 4.69) is 9.97 Å². The van der Waals surface area contributed by atoms with Gasteiger partial charge in [-0.1, -0.05) is 11.6 Å². The molecule has 2 N–H and O–H groups in total. The van der Waals surface area contributed by atoms with Crippen LogP contribution in [0, 0.1) is 0 Å². The first kappa shape index (κ1) is 18.0. The summed E-state index contributed by atoms with van der Waals surface area (Å²) in [5.41, 5.74) is 2.14. The second-order valence-corrected chi connectivity index (χ2v) is 6.00. The molecule has 1 heterocycles. The zero-order chi connectivity index (χ0) is 18.8. The minimum Gasteiger partial charge on any atom is -0.493 e. The first-order chi connectivity index (χ1) is 12.5. The van der Waals surface area contributed by atoms with E-state index in [1.54, 1.807) is 34.4 Å². The van der Waals surface area contributed by atoms with Crippen molar-refractivity contribution >= 4 is 28.5 Å². The Morgan fingerprint density at radius 2 is 1.62 bits per heavy atom. The molecule has 1 aromatic heterocycles. The van der Waals surface area contributed by atoms with Gasteiger partial charge in [0.15, 0.2) is 11.5 Å². The molecule has 0 saturated heterocycles. The highest BCUT2D eigenvalue weighted by Gasteiger charge is 2.18. The molecule has 0 unspecified atom stereocenters. The Labute approximate surface area is 156 Å². The average Bonchev–Trinajstić information content (AvgIpc) is 2.65. The Balaban J connectivity index is 2.35. The fraction of sp³-hybridized carbons (Fsp3) is 0.222. The number of rotatable bonds is 5. The lowest BCUT2D eigenvalue weighted by Crippen LogP contribution is -2.27. The predicted molar refractivity (Wildman–Crippen MR) is 102 cm³/mol. The lowest BCUT2D eigenvalue weighted by Gasteiger charge is -2.16. The van der Waals surface area contributed by atoms with Gasteiger partial charge in [0.1, 0.15) is 0 Å². The van der Waals surface area contributed by atoms with Crippen LogP contribution in [-0.4, -0.2) is 38.3 Å². The third kappa shape index (κ3) is 3.18. The summed E-state index contributed by atoms with van der Waals surface area (Å²) in [4.78, 5) is 9.06. The molecule has 0 radical (unpaired) electrons. The van der Waals surface area contributed by atoms with Gasteiger partial charge in [-0.25, -0.2) is 15.8 Å². The van der Waals surface area contributed by atoms with Gasteiger partial charge in [0.05, 0.1) is 32.5 Å². The van der Waals surface area contributed by atoms with Gasteiger partial charge in [-0.15, -0.1) is 0 Å². The standard InChI is InChI=1S/C18H19ClN4O3/c1-23(20)18-21-13-6-5-11(19)9-12(13)16(22-18)10-7-14(24-2)17(26-4)15(8-10)25-3/h5-9H,20H2,1-4H3. The van der Waals surface area contributed by atoms with Gasteiger partial charge in [0.2, 0.25) is 11.7 Å². The van der Waals surface area contributed by atoms with Gasteiger partial charge >= 0.3 is 0 Å². The van der Waals surface area contributed by atoms with Gasteiger partial charge in [-0.05, 0) is 30.3 Å². The van der Waals surface area contributed by atoms with Crippen LogP contribution in [0.15, 0.2) is 30.3 Å². The molecule has 0 fully saturated rings. The van der Waals surface area contributed by atoms with Crippen molar-refractivity contribution in [1.29, 1.82) is 0 Å². The van der Waals surface area contributed by atoms with E-state index in [1.807, 2.05) is 24.3 Å². The Morgan fingerprint density at radius 3 is 2.15 bits per heavy atom. The van der Waals surface area contributed by atoms with Gasteiger partial charge in [0, 0.05) is 23.0 Å². The molecule has 3 aromatic rings. The Morgan fingerprint density at radius 1 is 0.962 bits per heavy atom. The topological polar surface area (TPSA) is 82.7 Å². The first-order valence-corrected chi connectivity index (χ1v) is 8.12. The third-order valence-corrected chi connectivity index (χ3v) is 4.13. The molecule has 0 aliphatic heterocycles. The van der Waals surface area contributed by atoms with Gasteiger partial charge < -0.3 is 14.2 Å². The number of hydrogen-bond donors (Lipinski definition) is 1. The summed E-state index contributed by atoms with van der Waals surface area (Å²) < 4.78 is 16.3. The summed E-state index contributed by atoms with van der Waals surface area (Å²) in [7, 11) is 6.36. The van der Waals surface area contributed by atoms with Crippen LogP contribution in [0.5, 0.6) is 17.2 Å². The minimum atomic E-state index is 0.378. The van der Waals surface area contributed by atoms with Crippen LogP contribution >= 0.6 is 11.6 Å². The van der Waals surface area contributed by atoms with E-state index in [4.69, 9.17) is 31.7 Å². The van der Waals surface area contributed by atoms with Crippen LogP contribution in [-0.2, 0) is 0 Å². The van der Waals surface area contributed by atoms with Gasteiger partial charge in [-0.3, -0.25) is 5.01 Å². The molecule has 0 spiro atoms. The second kappa shape index (κ2) is 7.23. The van der Waals surface area contributed by atoms with Crippen LogP contribution in [0.2, 0.25) is 5.02 Å². The summed E-state index contributed by atoms with van der Waals surface area (Å²) in [5, 5.41) is 2.73. The maximum absolute atomic E-state index is 6.19. The van der Waals surface area contributed by atoms with Crippen molar-refractivity contribution in [3.8, 4) is 28.5 Å². The summed E-state index contributed by atoms with van der Waals surface area (Å²) in [6, 6.07) is 9.06. The van der Waals surface area contributed by atoms with Crippen LogP contribution < -0.4 is 25.1 Å². The molecule has 3 rings (SSSR count). The number of anilines is 1. The monoisotopic (exact) mass is 374 g/mol. The normalized spacial score (nSPS) is 10.7. The highest BCUT2D eigenvalue weighted by atomic mass is 35.5. The van der Waals surface area contributed by atoms with Crippen molar-refractivity contribution in [2.75, 3.05) is 33.4 Å². The van der Waals surface area contributed by atoms with Crippen molar-refractivity contribution in [2.24, 2.45) is 5.84 Å². The molecule has 0 amide bonds. The molecule has 0 bridgehead atoms. The highest BCUT2D eigenvalue weighted by Crippen LogP contribution is 2.42. The fourth-order valence-corrected chi connectivity index (χ4v) is 2.86. The SMILES string of the molecule is COc1cc(-c2nc(N(C)N)nc3ccc(Cl)cc23)cc(OC)c1OC. The van der Waals surface area contributed by atoms with Crippen molar-refractivity contribution in [2.45, 2.75) is 0 Å². The average molecular weight is 375 g/mol. The first-order valence-electron chi connectivity index (χ1n) is 7.74. The van der Waals surface area contributed by atoms with Crippen LogP contribution in [0.3, 0.4) is 0 Å². The lowest BCUT2D eigenvalue weighted by molar-refractivity contribution is 0.324. The number of methoxy groups -OCH3 is 3. The molecular weight excluding hydrogens is 356 g/mol. The number of aromatic nitrogens is 2. The molecule has 8 heteroatoms. The molecule has 26 heavy (non-hydrogen) atoms. The van der Waals surface area contributed by atoms with E-state index in [0.717, 1.165) is 16.5 Å². The predicted octanol–water partition coefficient (Wildman–Crippen LogP) is 3.29. The molecule has 0 aliphatic rings. The number of hydrazine groups is 1. The van der Waals surface area contributed by atoms with E-state index in [1.165, 1.54) is 5.01 Å². The second-order valence-electron chi connectivity index (χ2n) is 5.56. The summed E-state index contributed by atoms with van der Waals surface area (Å²) >= 11 is 6.19. The van der Waals surface area contributed by atoms with Gasteiger partial charge in [-0.2, -0.15) is 0 Å². The van der Waals surface area contributed by atoms with E-state index >= 15 is 0 Å². The Kier molecular flexibility index (Phi) is 5.01. The molecule has 136 valence electrons. The van der Waals surface area contributed by atoms with Crippen molar-refractivity contribution in [3.05, 3.63) is 35.4 Å². The molecule has 2 aromatic carbocycles. The number of fused-ring (bicyclic) bond motifs is 1. The Hall–Kier alpha value is -2.77. The Bertz CT molecular complexity index is 938. The number of benzene rings is 2. The zero-order valence-corrected chi connectivity index (χ0v) is 15.7.